The van der Waals surface area contributed by atoms with Crippen LogP contribution in [0.25, 0.3) is 10.4 Å². The number of rotatable bonds is 4. The van der Waals surface area contributed by atoms with Crippen LogP contribution in [-0.4, -0.2) is 32.8 Å². The number of azide groups is 1. The van der Waals surface area contributed by atoms with Crippen LogP contribution in [0.1, 0.15) is 11.7 Å². The van der Waals surface area contributed by atoms with Crippen molar-refractivity contribution in [2.24, 2.45) is 5.11 Å². The molecule has 0 amide bonds. The van der Waals surface area contributed by atoms with Crippen LogP contribution in [0.3, 0.4) is 0 Å². The summed E-state index contributed by atoms with van der Waals surface area (Å²) in [5.41, 5.74) is 8.17. The summed E-state index contributed by atoms with van der Waals surface area (Å²) in [4.78, 5) is 9.68. The van der Waals surface area contributed by atoms with E-state index in [1.165, 1.54) is 6.20 Å². The first kappa shape index (κ1) is 13.0. The molecule has 16 heavy (non-hydrogen) atoms. The normalized spacial score (nSPS) is 14.0. The minimum atomic E-state index is -1.34. The molecule has 9 heteroatoms. The van der Waals surface area contributed by atoms with E-state index in [2.05, 4.69) is 20.0 Å². The lowest BCUT2D eigenvalue weighted by molar-refractivity contribution is 0.0240. The number of halogens is 2. The Bertz CT molecular complexity index is 423. The Morgan fingerprint density at radius 1 is 1.50 bits per heavy atom. The molecule has 0 aliphatic rings. The van der Waals surface area contributed by atoms with Gasteiger partial charge in [0.2, 0.25) is 5.28 Å². The van der Waals surface area contributed by atoms with Gasteiger partial charge in [0.25, 0.3) is 0 Å². The molecule has 0 saturated carbocycles. The fraction of sp³-hybridized carbons (Fsp3) is 0.429. The van der Waals surface area contributed by atoms with Gasteiger partial charge in [-0.05, 0) is 17.1 Å². The Kier molecular flexibility index (Phi) is 4.72. The van der Waals surface area contributed by atoms with Crippen molar-refractivity contribution in [3.63, 3.8) is 0 Å². The molecule has 7 nitrogen and oxygen atoms in total. The predicted molar refractivity (Wildman–Crippen MR) is 57.0 cm³/mol. The molecule has 1 aromatic heterocycles. The van der Waals surface area contributed by atoms with Crippen LogP contribution in [0, 0.1) is 0 Å². The molecule has 0 aliphatic carbocycles. The summed E-state index contributed by atoms with van der Waals surface area (Å²) in [7, 11) is 0. The molecule has 0 fully saturated rings. The number of aromatic nitrogens is 2. The molecule has 1 rings (SSSR count). The van der Waals surface area contributed by atoms with Crippen LogP contribution in [0.5, 0.6) is 0 Å². The maximum atomic E-state index is 9.65. The van der Waals surface area contributed by atoms with Crippen molar-refractivity contribution in [2.45, 2.75) is 12.2 Å². The third-order valence-corrected chi connectivity index (χ3v) is 2.24. The first-order valence-corrected chi connectivity index (χ1v) is 4.86. The first-order chi connectivity index (χ1) is 7.56. The molecular formula is C7H7Cl2N5O2. The lowest BCUT2D eigenvalue weighted by Gasteiger charge is -2.16. The van der Waals surface area contributed by atoms with Gasteiger partial charge in [0.05, 0.1) is 12.6 Å². The van der Waals surface area contributed by atoms with E-state index in [1.807, 2.05) is 0 Å². The van der Waals surface area contributed by atoms with Gasteiger partial charge < -0.3 is 10.2 Å². The zero-order chi connectivity index (χ0) is 12.1. The number of aliphatic hydroxyl groups is 2. The smallest absolute Gasteiger partial charge is 0.223 e. The molecular weight excluding hydrogens is 257 g/mol. The summed E-state index contributed by atoms with van der Waals surface area (Å²) in [6.07, 6.45) is -1.42. The van der Waals surface area contributed by atoms with Crippen LogP contribution in [-0.2, 0) is 0 Å². The zero-order valence-electron chi connectivity index (χ0n) is 7.83. The zero-order valence-corrected chi connectivity index (χ0v) is 9.34. The molecule has 1 heterocycles. The van der Waals surface area contributed by atoms with Crippen LogP contribution < -0.4 is 0 Å². The minimum Gasteiger partial charge on any atom is -0.390 e. The maximum absolute atomic E-state index is 9.65. The Labute approximate surface area is 100 Å². The highest BCUT2D eigenvalue weighted by Gasteiger charge is 2.21. The van der Waals surface area contributed by atoms with Crippen LogP contribution >= 0.6 is 23.2 Å². The lowest BCUT2D eigenvalue weighted by atomic mass is 10.1. The topological polar surface area (TPSA) is 115 Å². The second kappa shape index (κ2) is 5.83. The van der Waals surface area contributed by atoms with Crippen molar-refractivity contribution < 1.29 is 10.2 Å². The third-order valence-electron chi connectivity index (χ3n) is 1.75. The Morgan fingerprint density at radius 2 is 2.19 bits per heavy atom. The molecule has 1 aromatic rings. The number of nitrogens with zero attached hydrogens (tertiary/aromatic N) is 5. The summed E-state index contributed by atoms with van der Waals surface area (Å²) in [6.45, 7) is -0.281. The van der Waals surface area contributed by atoms with Gasteiger partial charge in [0, 0.05) is 16.7 Å². The predicted octanol–water partition coefficient (Wildman–Crippen LogP) is 1.49. The average Bonchev–Trinajstić information content (AvgIpc) is 2.25. The van der Waals surface area contributed by atoms with Crippen LogP contribution in [0.15, 0.2) is 11.3 Å². The van der Waals surface area contributed by atoms with Crippen LogP contribution in [0.4, 0.5) is 0 Å². The van der Waals surface area contributed by atoms with Gasteiger partial charge in [-0.3, -0.25) is 0 Å². The van der Waals surface area contributed by atoms with Gasteiger partial charge >= 0.3 is 0 Å². The van der Waals surface area contributed by atoms with Crippen molar-refractivity contribution in [3.8, 4) is 0 Å². The van der Waals surface area contributed by atoms with Crippen molar-refractivity contribution in [1.82, 2.24) is 9.97 Å². The number of hydrogen-bond donors (Lipinski definition) is 2. The van der Waals surface area contributed by atoms with Gasteiger partial charge in [-0.1, -0.05) is 16.7 Å². The molecule has 0 aromatic carbocycles. The summed E-state index contributed by atoms with van der Waals surface area (Å²) >= 11 is 11.2. The van der Waals surface area contributed by atoms with E-state index in [4.69, 9.17) is 28.7 Å². The first-order valence-electron chi connectivity index (χ1n) is 4.11. The summed E-state index contributed by atoms with van der Waals surface area (Å²) < 4.78 is 0. The summed E-state index contributed by atoms with van der Waals surface area (Å²) in [5, 5.41) is 22.1. The Balaban J connectivity index is 2.86. The molecule has 0 aliphatic heterocycles. The molecule has 0 spiro atoms. The molecule has 2 atom stereocenters. The highest BCUT2D eigenvalue weighted by atomic mass is 35.5. The lowest BCUT2D eigenvalue weighted by Crippen LogP contribution is -2.21. The highest BCUT2D eigenvalue weighted by molar-refractivity contribution is 6.32. The summed E-state index contributed by atoms with van der Waals surface area (Å²) in [6, 6.07) is 0. The molecule has 0 radical (unpaired) electrons. The van der Waals surface area contributed by atoms with E-state index in [9.17, 15) is 10.2 Å². The highest BCUT2D eigenvalue weighted by Crippen LogP contribution is 2.24. The second-order valence-electron chi connectivity index (χ2n) is 2.81. The Morgan fingerprint density at radius 3 is 2.75 bits per heavy atom. The van der Waals surface area contributed by atoms with Gasteiger partial charge in [-0.2, -0.15) is 0 Å². The van der Waals surface area contributed by atoms with E-state index in [0.717, 1.165) is 0 Å². The van der Waals surface area contributed by atoms with Crippen molar-refractivity contribution in [2.75, 3.05) is 6.54 Å². The van der Waals surface area contributed by atoms with Crippen molar-refractivity contribution in [3.05, 3.63) is 32.6 Å². The molecule has 86 valence electrons. The van der Waals surface area contributed by atoms with Gasteiger partial charge in [0.15, 0.2) is 0 Å². The third kappa shape index (κ3) is 3.19. The number of aliphatic hydroxyl groups excluding tert-OH is 2. The van der Waals surface area contributed by atoms with Gasteiger partial charge in [0.1, 0.15) is 11.3 Å². The maximum Gasteiger partial charge on any atom is 0.223 e. The molecule has 2 unspecified atom stereocenters. The van der Waals surface area contributed by atoms with E-state index in [-0.39, 0.29) is 22.5 Å². The minimum absolute atomic E-state index is 0.0625. The second-order valence-corrected chi connectivity index (χ2v) is 3.51. The van der Waals surface area contributed by atoms with Gasteiger partial charge in [-0.25, -0.2) is 9.97 Å². The van der Waals surface area contributed by atoms with E-state index in [0.29, 0.717) is 0 Å². The van der Waals surface area contributed by atoms with E-state index < -0.39 is 12.2 Å². The Hall–Kier alpha value is -1.11. The van der Waals surface area contributed by atoms with E-state index in [1.54, 1.807) is 0 Å². The van der Waals surface area contributed by atoms with Gasteiger partial charge in [-0.15, -0.1) is 0 Å². The standard InChI is InChI=1S/C7H7Cl2N5O2/c8-6-3(1-11-7(9)13-6)5(16)4(15)2-12-14-10/h1,4-5,15-16H,2H2. The fourth-order valence-corrected chi connectivity index (χ4v) is 1.39. The molecule has 0 saturated heterocycles. The number of hydrogen-bond acceptors (Lipinski definition) is 5. The molecule has 0 bridgehead atoms. The summed E-state index contributed by atoms with van der Waals surface area (Å²) in [5.74, 6) is 0. The largest absolute Gasteiger partial charge is 0.390 e. The fourth-order valence-electron chi connectivity index (χ4n) is 0.976. The van der Waals surface area contributed by atoms with Crippen molar-refractivity contribution >= 4 is 23.2 Å². The molecule has 2 N–H and O–H groups in total. The van der Waals surface area contributed by atoms with Crippen LogP contribution in [0.2, 0.25) is 10.4 Å². The quantitative estimate of drug-likeness (QED) is 0.282. The van der Waals surface area contributed by atoms with Crippen molar-refractivity contribution in [1.29, 1.82) is 0 Å². The monoisotopic (exact) mass is 263 g/mol. The van der Waals surface area contributed by atoms with E-state index >= 15 is 0 Å². The average molecular weight is 264 g/mol. The SMILES string of the molecule is [N-]=[N+]=NCC(O)C(O)c1cnc(Cl)nc1Cl.